The fourth-order valence-electron chi connectivity index (χ4n) is 1.82. The number of hydrogen-bond donors (Lipinski definition) is 2. The molecule has 2 aromatic rings. The molecule has 0 aliphatic heterocycles. The van der Waals surface area contributed by atoms with Crippen molar-refractivity contribution in [2.24, 2.45) is 0 Å². The van der Waals surface area contributed by atoms with E-state index in [0.717, 1.165) is 17.8 Å². The van der Waals surface area contributed by atoms with Gasteiger partial charge in [-0.25, -0.2) is 0 Å². The van der Waals surface area contributed by atoms with E-state index in [4.69, 9.17) is 23.2 Å². The summed E-state index contributed by atoms with van der Waals surface area (Å²) in [6, 6.07) is 6.97. The molecule has 6 heteroatoms. The number of benzene rings is 1. The lowest BCUT2D eigenvalue weighted by atomic mass is 10.2. The fraction of sp³-hybridized carbons (Fsp3) is 0.200. The van der Waals surface area contributed by atoms with Gasteiger partial charge in [-0.2, -0.15) is 0 Å². The Morgan fingerprint density at radius 2 is 2.05 bits per heavy atom. The van der Waals surface area contributed by atoms with Crippen LogP contribution in [0.5, 0.6) is 0 Å². The highest BCUT2D eigenvalue weighted by Crippen LogP contribution is 2.33. The molecule has 1 amide bonds. The van der Waals surface area contributed by atoms with Gasteiger partial charge in [-0.1, -0.05) is 29.3 Å². The smallest absolute Gasteiger partial charge is 0.274 e. The van der Waals surface area contributed by atoms with Crippen LogP contribution >= 0.6 is 23.2 Å². The minimum atomic E-state index is -0.357. The van der Waals surface area contributed by atoms with E-state index in [1.165, 1.54) is 0 Å². The van der Waals surface area contributed by atoms with Gasteiger partial charge in [0, 0.05) is 18.4 Å². The zero-order valence-electron chi connectivity index (χ0n) is 11.7. The summed E-state index contributed by atoms with van der Waals surface area (Å²) in [4.78, 5) is 16.3. The number of carbonyl (C=O) groups excluding carboxylic acids is 1. The Hall–Kier alpha value is -1.78. The van der Waals surface area contributed by atoms with Gasteiger partial charge >= 0.3 is 0 Å². The van der Waals surface area contributed by atoms with E-state index in [9.17, 15) is 4.79 Å². The van der Waals surface area contributed by atoms with Crippen LogP contribution in [0.4, 0.5) is 11.4 Å². The van der Waals surface area contributed by atoms with Gasteiger partial charge in [-0.15, -0.1) is 0 Å². The molecular formula is C15H15Cl2N3O. The van der Waals surface area contributed by atoms with Crippen LogP contribution in [0, 0.1) is 6.92 Å². The molecule has 0 fully saturated rings. The number of amides is 1. The third-order valence-electron chi connectivity index (χ3n) is 2.90. The molecule has 0 spiro atoms. The van der Waals surface area contributed by atoms with E-state index in [0.29, 0.717) is 21.4 Å². The van der Waals surface area contributed by atoms with Crippen LogP contribution in [0.15, 0.2) is 30.5 Å². The van der Waals surface area contributed by atoms with Crippen LogP contribution in [-0.2, 0) is 0 Å². The highest BCUT2D eigenvalue weighted by molar-refractivity contribution is 6.40. The number of pyridine rings is 1. The van der Waals surface area contributed by atoms with Crippen molar-refractivity contribution in [1.29, 1.82) is 0 Å². The molecule has 0 radical (unpaired) electrons. The molecule has 4 nitrogen and oxygen atoms in total. The van der Waals surface area contributed by atoms with E-state index in [1.807, 2.05) is 13.8 Å². The lowest BCUT2D eigenvalue weighted by molar-refractivity contribution is 0.102. The van der Waals surface area contributed by atoms with Crippen molar-refractivity contribution in [1.82, 2.24) is 4.98 Å². The molecule has 0 saturated carbocycles. The summed E-state index contributed by atoms with van der Waals surface area (Å²) in [5, 5.41) is 6.66. The molecule has 0 saturated heterocycles. The number of carbonyl (C=O) groups is 1. The van der Waals surface area contributed by atoms with Crippen molar-refractivity contribution >= 4 is 40.5 Å². The van der Waals surface area contributed by atoms with Crippen LogP contribution in [0.25, 0.3) is 0 Å². The summed E-state index contributed by atoms with van der Waals surface area (Å²) >= 11 is 12.3. The first-order chi connectivity index (χ1) is 10.0. The zero-order chi connectivity index (χ0) is 15.4. The Balaban J connectivity index is 2.26. The molecule has 0 unspecified atom stereocenters. The molecule has 0 bridgehead atoms. The Morgan fingerprint density at radius 3 is 2.76 bits per heavy atom. The highest BCUT2D eigenvalue weighted by atomic mass is 35.5. The van der Waals surface area contributed by atoms with Gasteiger partial charge in [0.15, 0.2) is 0 Å². The molecule has 1 aromatic heterocycles. The average molecular weight is 324 g/mol. The summed E-state index contributed by atoms with van der Waals surface area (Å²) in [7, 11) is 0. The molecule has 110 valence electrons. The third kappa shape index (κ3) is 3.65. The molecule has 0 aliphatic rings. The number of nitrogens with one attached hydrogen (secondary N) is 2. The summed E-state index contributed by atoms with van der Waals surface area (Å²) < 4.78 is 0. The van der Waals surface area contributed by atoms with Crippen molar-refractivity contribution in [2.45, 2.75) is 13.8 Å². The molecule has 21 heavy (non-hydrogen) atoms. The van der Waals surface area contributed by atoms with Gasteiger partial charge in [0.05, 0.1) is 15.7 Å². The zero-order valence-corrected chi connectivity index (χ0v) is 13.2. The number of anilines is 2. The van der Waals surface area contributed by atoms with E-state index in [-0.39, 0.29) is 5.91 Å². The first kappa shape index (κ1) is 15.6. The maximum absolute atomic E-state index is 12.3. The van der Waals surface area contributed by atoms with Gasteiger partial charge in [-0.05, 0) is 37.6 Å². The van der Waals surface area contributed by atoms with Gasteiger partial charge in [0.2, 0.25) is 0 Å². The molecular weight excluding hydrogens is 309 g/mol. The van der Waals surface area contributed by atoms with Crippen molar-refractivity contribution in [3.05, 3.63) is 51.8 Å². The molecule has 0 aliphatic carbocycles. The first-order valence-corrected chi connectivity index (χ1v) is 7.24. The molecule has 2 N–H and O–H groups in total. The Bertz CT molecular complexity index is 674. The number of nitrogens with zero attached hydrogens (tertiary/aromatic N) is 1. The summed E-state index contributed by atoms with van der Waals surface area (Å²) in [5.74, 6) is -0.357. The van der Waals surface area contributed by atoms with E-state index in [1.54, 1.807) is 30.5 Å². The normalized spacial score (nSPS) is 10.3. The largest absolute Gasteiger partial charge is 0.385 e. The van der Waals surface area contributed by atoms with Crippen LogP contribution < -0.4 is 10.6 Å². The van der Waals surface area contributed by atoms with Gasteiger partial charge in [0.1, 0.15) is 5.69 Å². The maximum Gasteiger partial charge on any atom is 0.274 e. The second kappa shape index (κ2) is 6.78. The van der Waals surface area contributed by atoms with Crippen molar-refractivity contribution in [2.75, 3.05) is 17.2 Å². The summed E-state index contributed by atoms with van der Waals surface area (Å²) in [5.41, 5.74) is 2.37. The third-order valence-corrected chi connectivity index (χ3v) is 3.70. The van der Waals surface area contributed by atoms with Crippen LogP contribution in [0.2, 0.25) is 10.0 Å². The highest BCUT2D eigenvalue weighted by Gasteiger charge is 2.14. The standard InChI is InChI=1S/C15H15Cl2N3O/c1-3-18-10-6-7-19-12(8-10)15(21)20-14-11(16)5-4-9(2)13(14)17/h4-8H,3H2,1-2H3,(H,18,19)(H,20,21). The predicted octanol–water partition coefficient (Wildman–Crippen LogP) is 4.38. The van der Waals surface area contributed by atoms with Crippen molar-refractivity contribution < 1.29 is 4.79 Å². The predicted molar refractivity (Wildman–Crippen MR) is 87.6 cm³/mol. The number of aryl methyl sites for hydroxylation is 1. The van der Waals surface area contributed by atoms with Crippen molar-refractivity contribution in [3.8, 4) is 0 Å². The first-order valence-electron chi connectivity index (χ1n) is 6.48. The number of halogens is 2. The maximum atomic E-state index is 12.3. The fourth-order valence-corrected chi connectivity index (χ4v) is 2.28. The molecule has 1 heterocycles. The minimum absolute atomic E-state index is 0.294. The lowest BCUT2D eigenvalue weighted by Gasteiger charge is -2.11. The molecule has 1 aromatic carbocycles. The number of aromatic nitrogens is 1. The van der Waals surface area contributed by atoms with E-state index >= 15 is 0 Å². The Kier molecular flexibility index (Phi) is 5.04. The molecule has 2 rings (SSSR count). The second-order valence-corrected chi connectivity index (χ2v) is 5.25. The quantitative estimate of drug-likeness (QED) is 0.877. The van der Waals surface area contributed by atoms with Crippen molar-refractivity contribution in [3.63, 3.8) is 0 Å². The van der Waals surface area contributed by atoms with Gasteiger partial charge in [-0.3, -0.25) is 9.78 Å². The lowest BCUT2D eigenvalue weighted by Crippen LogP contribution is -2.15. The average Bonchev–Trinajstić information content (AvgIpc) is 2.48. The molecule has 0 atom stereocenters. The van der Waals surface area contributed by atoms with Gasteiger partial charge in [0.25, 0.3) is 5.91 Å². The van der Waals surface area contributed by atoms with E-state index < -0.39 is 0 Å². The topological polar surface area (TPSA) is 54.0 Å². The van der Waals surface area contributed by atoms with Crippen LogP contribution in [0.1, 0.15) is 23.0 Å². The number of hydrogen-bond acceptors (Lipinski definition) is 3. The van der Waals surface area contributed by atoms with Crippen LogP contribution in [0.3, 0.4) is 0 Å². The minimum Gasteiger partial charge on any atom is -0.385 e. The van der Waals surface area contributed by atoms with E-state index in [2.05, 4.69) is 15.6 Å². The number of rotatable bonds is 4. The summed E-state index contributed by atoms with van der Waals surface area (Å²) in [6.45, 7) is 4.59. The Morgan fingerprint density at radius 1 is 1.29 bits per heavy atom. The Labute approximate surface area is 133 Å². The summed E-state index contributed by atoms with van der Waals surface area (Å²) in [6.07, 6.45) is 1.58. The second-order valence-electron chi connectivity index (χ2n) is 4.47. The SMILES string of the molecule is CCNc1ccnc(C(=O)Nc2c(Cl)ccc(C)c2Cl)c1. The van der Waals surface area contributed by atoms with Crippen LogP contribution in [-0.4, -0.2) is 17.4 Å². The van der Waals surface area contributed by atoms with Gasteiger partial charge < -0.3 is 10.6 Å². The monoisotopic (exact) mass is 323 g/mol.